The summed E-state index contributed by atoms with van der Waals surface area (Å²) in [5.74, 6) is 0.252. The Morgan fingerprint density at radius 1 is 1.19 bits per heavy atom. The minimum absolute atomic E-state index is 0.0670. The van der Waals surface area contributed by atoms with E-state index in [0.717, 1.165) is 10.0 Å². The molecule has 0 fully saturated rings. The average molecular weight is 432 g/mol. The van der Waals surface area contributed by atoms with Crippen LogP contribution >= 0.6 is 15.9 Å². The van der Waals surface area contributed by atoms with Gasteiger partial charge in [0.25, 0.3) is 5.91 Å². The summed E-state index contributed by atoms with van der Waals surface area (Å²) < 4.78 is 21.1. The Morgan fingerprint density at radius 2 is 1.89 bits per heavy atom. The second-order valence-electron chi connectivity index (χ2n) is 6.13. The summed E-state index contributed by atoms with van der Waals surface area (Å²) in [4.78, 5) is 12.3. The van der Waals surface area contributed by atoms with Gasteiger partial charge in [-0.1, -0.05) is 35.0 Å². The van der Waals surface area contributed by atoms with E-state index in [2.05, 4.69) is 26.3 Å². The molecular formula is C20H19BrFN3O2. The Labute approximate surface area is 165 Å². The van der Waals surface area contributed by atoms with Gasteiger partial charge >= 0.3 is 0 Å². The predicted octanol–water partition coefficient (Wildman–Crippen LogP) is 4.35. The first kappa shape index (κ1) is 19.1. The van der Waals surface area contributed by atoms with E-state index < -0.39 is 0 Å². The second-order valence-corrected chi connectivity index (χ2v) is 7.05. The van der Waals surface area contributed by atoms with Crippen LogP contribution in [0.2, 0.25) is 0 Å². The highest BCUT2D eigenvalue weighted by atomic mass is 79.9. The van der Waals surface area contributed by atoms with Crippen molar-refractivity contribution in [2.24, 2.45) is 0 Å². The van der Waals surface area contributed by atoms with Crippen LogP contribution in [-0.2, 0) is 6.73 Å². The highest BCUT2D eigenvalue weighted by Gasteiger charge is 2.12. The number of rotatable bonds is 7. The van der Waals surface area contributed by atoms with Crippen molar-refractivity contribution in [2.45, 2.75) is 19.6 Å². The molecule has 3 aromatic rings. The monoisotopic (exact) mass is 431 g/mol. The molecule has 0 bridgehead atoms. The Morgan fingerprint density at radius 3 is 2.59 bits per heavy atom. The standard InChI is InChI=1S/C20H19BrFN3O2/c1-14(15-2-6-17(22)7-3-15)12-23-20(26)19-10-11-25(24-19)13-27-18-8-4-16(21)5-9-18/h2-11,14H,12-13H2,1H3,(H,23,26). The first-order valence-electron chi connectivity index (χ1n) is 8.47. The zero-order valence-corrected chi connectivity index (χ0v) is 16.3. The molecule has 1 heterocycles. The molecule has 0 saturated heterocycles. The number of aromatic nitrogens is 2. The van der Waals surface area contributed by atoms with Crippen LogP contribution in [0.25, 0.3) is 0 Å². The predicted molar refractivity (Wildman–Crippen MR) is 104 cm³/mol. The van der Waals surface area contributed by atoms with Crippen LogP contribution in [0.3, 0.4) is 0 Å². The third-order valence-corrected chi connectivity index (χ3v) is 4.59. The van der Waals surface area contributed by atoms with Crippen LogP contribution in [-0.4, -0.2) is 22.2 Å². The van der Waals surface area contributed by atoms with E-state index in [0.29, 0.717) is 18.0 Å². The van der Waals surface area contributed by atoms with Crippen molar-refractivity contribution in [3.63, 3.8) is 0 Å². The van der Waals surface area contributed by atoms with Gasteiger partial charge in [0.05, 0.1) is 0 Å². The van der Waals surface area contributed by atoms with E-state index in [1.54, 1.807) is 29.1 Å². The molecular weight excluding hydrogens is 413 g/mol. The largest absolute Gasteiger partial charge is 0.471 e. The van der Waals surface area contributed by atoms with Crippen molar-refractivity contribution in [3.05, 3.63) is 82.3 Å². The Bertz CT molecular complexity index is 894. The third kappa shape index (κ3) is 5.40. The van der Waals surface area contributed by atoms with Gasteiger partial charge in [-0.3, -0.25) is 4.79 Å². The molecule has 0 aliphatic rings. The number of nitrogens with zero attached hydrogens (tertiary/aromatic N) is 2. The van der Waals surface area contributed by atoms with Gasteiger partial charge in [0.15, 0.2) is 6.73 Å². The average Bonchev–Trinajstić information content (AvgIpc) is 3.15. The topological polar surface area (TPSA) is 56.2 Å². The molecule has 5 nitrogen and oxygen atoms in total. The molecule has 27 heavy (non-hydrogen) atoms. The van der Waals surface area contributed by atoms with Crippen molar-refractivity contribution >= 4 is 21.8 Å². The van der Waals surface area contributed by atoms with Gasteiger partial charge in [-0.05, 0) is 53.9 Å². The van der Waals surface area contributed by atoms with Crippen molar-refractivity contribution in [3.8, 4) is 5.75 Å². The third-order valence-electron chi connectivity index (χ3n) is 4.06. The van der Waals surface area contributed by atoms with Gasteiger partial charge in [-0.2, -0.15) is 5.10 Å². The summed E-state index contributed by atoms with van der Waals surface area (Å²) in [5.41, 5.74) is 1.28. The van der Waals surface area contributed by atoms with Crippen LogP contribution in [0.5, 0.6) is 5.75 Å². The molecule has 1 atom stereocenters. The number of hydrogen-bond donors (Lipinski definition) is 1. The summed E-state index contributed by atoms with van der Waals surface area (Å²) in [6.45, 7) is 2.62. The number of amides is 1. The molecule has 140 valence electrons. The molecule has 1 amide bonds. The summed E-state index contributed by atoms with van der Waals surface area (Å²) in [7, 11) is 0. The molecule has 7 heteroatoms. The van der Waals surface area contributed by atoms with E-state index in [9.17, 15) is 9.18 Å². The maximum absolute atomic E-state index is 13.0. The first-order valence-corrected chi connectivity index (χ1v) is 9.26. The lowest BCUT2D eigenvalue weighted by Crippen LogP contribution is -2.28. The van der Waals surface area contributed by atoms with Gasteiger partial charge in [-0.25, -0.2) is 9.07 Å². The lowest BCUT2D eigenvalue weighted by molar-refractivity contribution is 0.0944. The zero-order valence-electron chi connectivity index (χ0n) is 14.7. The Balaban J connectivity index is 1.50. The molecule has 2 aromatic carbocycles. The number of benzene rings is 2. The zero-order chi connectivity index (χ0) is 19.2. The Hall–Kier alpha value is -2.67. The highest BCUT2D eigenvalue weighted by molar-refractivity contribution is 9.10. The van der Waals surface area contributed by atoms with E-state index in [4.69, 9.17) is 4.74 Å². The van der Waals surface area contributed by atoms with E-state index in [1.807, 2.05) is 31.2 Å². The van der Waals surface area contributed by atoms with Crippen molar-refractivity contribution in [1.82, 2.24) is 15.1 Å². The van der Waals surface area contributed by atoms with Crippen molar-refractivity contribution < 1.29 is 13.9 Å². The quantitative estimate of drug-likeness (QED) is 0.604. The number of hydrogen-bond acceptors (Lipinski definition) is 3. The maximum Gasteiger partial charge on any atom is 0.271 e. The minimum atomic E-state index is -0.272. The van der Waals surface area contributed by atoms with Crippen molar-refractivity contribution in [2.75, 3.05) is 6.54 Å². The number of halogens is 2. The summed E-state index contributed by atoms with van der Waals surface area (Å²) in [6, 6.07) is 15.4. The van der Waals surface area contributed by atoms with Crippen LogP contribution < -0.4 is 10.1 Å². The fourth-order valence-electron chi connectivity index (χ4n) is 2.47. The van der Waals surface area contributed by atoms with Gasteiger partial charge in [0.1, 0.15) is 17.3 Å². The second kappa shape index (κ2) is 8.81. The summed E-state index contributed by atoms with van der Waals surface area (Å²) in [6.07, 6.45) is 1.69. The molecule has 1 unspecified atom stereocenters. The number of carbonyl (C=O) groups is 1. The molecule has 0 aliphatic heterocycles. The Kier molecular flexibility index (Phi) is 6.24. The molecule has 1 aromatic heterocycles. The molecule has 0 saturated carbocycles. The van der Waals surface area contributed by atoms with Crippen LogP contribution in [0.15, 0.2) is 65.3 Å². The smallest absolute Gasteiger partial charge is 0.271 e. The fourth-order valence-corrected chi connectivity index (χ4v) is 2.74. The molecule has 1 N–H and O–H groups in total. The number of carbonyl (C=O) groups excluding carboxylic acids is 1. The van der Waals surface area contributed by atoms with Crippen molar-refractivity contribution in [1.29, 1.82) is 0 Å². The SMILES string of the molecule is CC(CNC(=O)c1ccn(COc2ccc(Br)cc2)n1)c1ccc(F)cc1. The molecule has 0 spiro atoms. The molecule has 3 rings (SSSR count). The number of ether oxygens (including phenoxy) is 1. The normalized spacial score (nSPS) is 11.8. The highest BCUT2D eigenvalue weighted by Crippen LogP contribution is 2.17. The van der Waals surface area contributed by atoms with Gasteiger partial charge in [0.2, 0.25) is 0 Å². The first-order chi connectivity index (χ1) is 13.0. The molecule has 0 radical (unpaired) electrons. The van der Waals surface area contributed by atoms with E-state index >= 15 is 0 Å². The van der Waals surface area contributed by atoms with Crippen LogP contribution in [0, 0.1) is 5.82 Å². The van der Waals surface area contributed by atoms with Gasteiger partial charge in [0, 0.05) is 17.2 Å². The van der Waals surface area contributed by atoms with Crippen LogP contribution in [0.4, 0.5) is 4.39 Å². The van der Waals surface area contributed by atoms with Gasteiger partial charge in [-0.15, -0.1) is 0 Å². The maximum atomic E-state index is 13.0. The van der Waals surface area contributed by atoms with Gasteiger partial charge < -0.3 is 10.1 Å². The molecule has 0 aliphatic carbocycles. The lowest BCUT2D eigenvalue weighted by atomic mass is 10.0. The fraction of sp³-hybridized carbons (Fsp3) is 0.200. The van der Waals surface area contributed by atoms with E-state index in [-0.39, 0.29) is 24.4 Å². The number of nitrogens with one attached hydrogen (secondary N) is 1. The van der Waals surface area contributed by atoms with Crippen LogP contribution in [0.1, 0.15) is 28.9 Å². The van der Waals surface area contributed by atoms with E-state index in [1.165, 1.54) is 12.1 Å². The lowest BCUT2D eigenvalue weighted by Gasteiger charge is -2.12. The summed E-state index contributed by atoms with van der Waals surface area (Å²) >= 11 is 3.37. The summed E-state index contributed by atoms with van der Waals surface area (Å²) in [5, 5.41) is 7.08. The minimum Gasteiger partial charge on any atom is -0.471 e.